The number of aromatic nitrogens is 3. The molecule has 2 heterocycles. The Hall–Kier alpha value is -1.08. The van der Waals surface area contributed by atoms with Crippen LogP contribution in [-0.4, -0.2) is 41.2 Å². The van der Waals surface area contributed by atoms with Crippen LogP contribution in [-0.2, 0) is 17.8 Å². The molecule has 96 valence electrons. The van der Waals surface area contributed by atoms with E-state index >= 15 is 0 Å². The van der Waals surface area contributed by atoms with E-state index in [4.69, 9.17) is 4.74 Å². The highest BCUT2D eigenvalue weighted by Crippen LogP contribution is 2.14. The van der Waals surface area contributed by atoms with Crippen molar-refractivity contribution in [3.8, 4) is 0 Å². The zero-order valence-electron chi connectivity index (χ0n) is 9.48. The maximum Gasteiger partial charge on any atom is 0.250 e. The lowest BCUT2D eigenvalue weighted by Gasteiger charge is -2.05. The lowest BCUT2D eigenvalue weighted by molar-refractivity contribution is 0.145. The molecule has 1 saturated heterocycles. The van der Waals surface area contributed by atoms with Crippen LogP contribution >= 0.6 is 0 Å². The van der Waals surface area contributed by atoms with Crippen molar-refractivity contribution in [1.29, 1.82) is 0 Å². The van der Waals surface area contributed by atoms with Gasteiger partial charge in [0.15, 0.2) is 0 Å². The van der Waals surface area contributed by atoms with E-state index in [1.54, 1.807) is 10.9 Å². The third-order valence-electron chi connectivity index (χ3n) is 2.66. The summed E-state index contributed by atoms with van der Waals surface area (Å²) in [5, 5.41) is 10.5. The highest BCUT2D eigenvalue weighted by Gasteiger charge is 2.16. The van der Waals surface area contributed by atoms with Crippen molar-refractivity contribution in [2.45, 2.75) is 25.9 Å². The topological polar surface area (TPSA) is 52.0 Å². The predicted octanol–water partition coefficient (Wildman–Crippen LogP) is 0.669. The summed E-state index contributed by atoms with van der Waals surface area (Å²) in [6.07, 6.45) is 0.496. The molecule has 5 nitrogen and oxygen atoms in total. The molecule has 1 aromatic rings. The van der Waals surface area contributed by atoms with Gasteiger partial charge in [0.1, 0.15) is 0 Å². The van der Waals surface area contributed by atoms with Gasteiger partial charge in [0.25, 0.3) is 6.43 Å². The van der Waals surface area contributed by atoms with Crippen LogP contribution in [0.1, 0.15) is 12.1 Å². The second-order valence-electron chi connectivity index (χ2n) is 4.18. The first-order chi connectivity index (χ1) is 8.24. The number of hydrogen-bond donors (Lipinski definition) is 1. The highest BCUT2D eigenvalue weighted by molar-refractivity contribution is 4.91. The summed E-state index contributed by atoms with van der Waals surface area (Å²) in [5.41, 5.74) is 0.685. The fourth-order valence-corrected chi connectivity index (χ4v) is 1.81. The van der Waals surface area contributed by atoms with Crippen LogP contribution in [0.2, 0.25) is 0 Å². The van der Waals surface area contributed by atoms with Gasteiger partial charge >= 0.3 is 0 Å². The van der Waals surface area contributed by atoms with Crippen LogP contribution in [0.4, 0.5) is 8.78 Å². The third-order valence-corrected chi connectivity index (χ3v) is 2.66. The molecule has 1 unspecified atom stereocenters. The molecule has 0 aromatic carbocycles. The van der Waals surface area contributed by atoms with Crippen LogP contribution in [0.5, 0.6) is 0 Å². The Morgan fingerprint density at radius 3 is 3.18 bits per heavy atom. The van der Waals surface area contributed by atoms with Crippen molar-refractivity contribution in [2.75, 3.05) is 19.8 Å². The summed E-state index contributed by atoms with van der Waals surface area (Å²) in [6.45, 7) is 2.36. The smallest absolute Gasteiger partial charge is 0.250 e. The molecule has 0 bridgehead atoms. The van der Waals surface area contributed by atoms with Gasteiger partial charge < -0.3 is 10.1 Å². The summed E-state index contributed by atoms with van der Waals surface area (Å²) < 4.78 is 30.8. The number of hydrogen-bond acceptors (Lipinski definition) is 4. The van der Waals surface area contributed by atoms with E-state index in [0.29, 0.717) is 18.2 Å². The molecule has 1 aromatic heterocycles. The Bertz CT molecular complexity index is 339. The average Bonchev–Trinajstić information content (AvgIpc) is 2.90. The number of nitrogens with one attached hydrogen (secondary N) is 1. The molecule has 0 aliphatic carbocycles. The van der Waals surface area contributed by atoms with Gasteiger partial charge in [-0.3, -0.25) is 4.68 Å². The summed E-state index contributed by atoms with van der Waals surface area (Å²) >= 11 is 0. The maximum absolute atomic E-state index is 11.9. The molecule has 7 heteroatoms. The zero-order chi connectivity index (χ0) is 12.1. The molecule has 0 saturated carbocycles. The standard InChI is InChI=1S/C10H16F2N4O/c11-10(12)4-13-3-9-6-16(15-14-9)5-8-1-2-17-7-8/h6,8,10,13H,1-5,7H2. The molecule has 1 aliphatic rings. The van der Waals surface area contributed by atoms with Gasteiger partial charge in [0.2, 0.25) is 0 Å². The number of halogens is 2. The van der Waals surface area contributed by atoms with Gasteiger partial charge in [-0.2, -0.15) is 0 Å². The van der Waals surface area contributed by atoms with Crippen molar-refractivity contribution >= 4 is 0 Å². The van der Waals surface area contributed by atoms with Crippen molar-refractivity contribution in [3.63, 3.8) is 0 Å². The molecule has 1 fully saturated rings. The first-order valence-electron chi connectivity index (χ1n) is 5.69. The minimum Gasteiger partial charge on any atom is -0.381 e. The van der Waals surface area contributed by atoms with Gasteiger partial charge in [0.05, 0.1) is 18.8 Å². The minimum atomic E-state index is -2.33. The molecule has 2 rings (SSSR count). The molecule has 0 spiro atoms. The SMILES string of the molecule is FC(F)CNCc1cn(CC2CCOC2)nn1. The predicted molar refractivity (Wildman–Crippen MR) is 56.7 cm³/mol. The Labute approximate surface area is 98.1 Å². The first-order valence-corrected chi connectivity index (χ1v) is 5.69. The Kier molecular flexibility index (Phi) is 4.38. The summed E-state index contributed by atoms with van der Waals surface area (Å²) in [4.78, 5) is 0. The largest absolute Gasteiger partial charge is 0.381 e. The number of rotatable bonds is 6. The van der Waals surface area contributed by atoms with Crippen molar-refractivity contribution < 1.29 is 13.5 Å². The molecule has 1 atom stereocenters. The van der Waals surface area contributed by atoms with Gasteiger partial charge in [-0.15, -0.1) is 5.10 Å². The quantitative estimate of drug-likeness (QED) is 0.801. The van der Waals surface area contributed by atoms with E-state index in [2.05, 4.69) is 15.6 Å². The number of alkyl halides is 2. The van der Waals surface area contributed by atoms with Crippen LogP contribution in [0, 0.1) is 5.92 Å². The van der Waals surface area contributed by atoms with Gasteiger partial charge in [-0.05, 0) is 6.42 Å². The van der Waals surface area contributed by atoms with Gasteiger partial charge in [0, 0.05) is 31.8 Å². The van der Waals surface area contributed by atoms with Gasteiger partial charge in [-0.1, -0.05) is 5.21 Å². The number of nitrogens with zero attached hydrogens (tertiary/aromatic N) is 3. The van der Waals surface area contributed by atoms with Crippen LogP contribution in [0.15, 0.2) is 6.20 Å². The van der Waals surface area contributed by atoms with Crippen molar-refractivity contribution in [1.82, 2.24) is 20.3 Å². The average molecular weight is 246 g/mol. The summed E-state index contributed by atoms with van der Waals surface area (Å²) in [7, 11) is 0. The number of ether oxygens (including phenoxy) is 1. The normalized spacial score (nSPS) is 20.3. The molecule has 1 N–H and O–H groups in total. The van der Waals surface area contributed by atoms with E-state index in [1.807, 2.05) is 0 Å². The van der Waals surface area contributed by atoms with E-state index in [1.165, 1.54) is 0 Å². The summed E-state index contributed by atoms with van der Waals surface area (Å²) in [6, 6.07) is 0. The highest BCUT2D eigenvalue weighted by atomic mass is 19.3. The summed E-state index contributed by atoms with van der Waals surface area (Å²) in [5.74, 6) is 0.485. The van der Waals surface area contributed by atoms with Crippen LogP contribution < -0.4 is 5.32 Å². The first kappa shape index (κ1) is 12.4. The van der Waals surface area contributed by atoms with E-state index < -0.39 is 6.43 Å². The molecule has 1 aliphatic heterocycles. The third kappa shape index (κ3) is 4.01. The lowest BCUT2D eigenvalue weighted by atomic mass is 10.1. The molecule has 17 heavy (non-hydrogen) atoms. The molecule has 0 amide bonds. The van der Waals surface area contributed by atoms with Gasteiger partial charge in [-0.25, -0.2) is 8.78 Å². The van der Waals surface area contributed by atoms with E-state index in [0.717, 1.165) is 26.2 Å². The van der Waals surface area contributed by atoms with Crippen molar-refractivity contribution in [3.05, 3.63) is 11.9 Å². The second-order valence-corrected chi connectivity index (χ2v) is 4.18. The molecular formula is C10H16F2N4O. The Morgan fingerprint density at radius 2 is 2.47 bits per heavy atom. The molecule has 0 radical (unpaired) electrons. The van der Waals surface area contributed by atoms with Crippen LogP contribution in [0.25, 0.3) is 0 Å². The molecular weight excluding hydrogens is 230 g/mol. The second kappa shape index (κ2) is 6.02. The zero-order valence-corrected chi connectivity index (χ0v) is 9.48. The van der Waals surface area contributed by atoms with E-state index in [9.17, 15) is 8.78 Å². The fraction of sp³-hybridized carbons (Fsp3) is 0.800. The fourth-order valence-electron chi connectivity index (χ4n) is 1.81. The Balaban J connectivity index is 1.75. The van der Waals surface area contributed by atoms with E-state index in [-0.39, 0.29) is 6.54 Å². The monoisotopic (exact) mass is 246 g/mol. The minimum absolute atomic E-state index is 0.316. The van der Waals surface area contributed by atoms with Crippen LogP contribution in [0.3, 0.4) is 0 Å². The Morgan fingerprint density at radius 1 is 1.59 bits per heavy atom. The maximum atomic E-state index is 11.9. The lowest BCUT2D eigenvalue weighted by Crippen LogP contribution is -2.20. The van der Waals surface area contributed by atoms with Crippen molar-refractivity contribution in [2.24, 2.45) is 5.92 Å².